The molecule has 0 aliphatic heterocycles. The molecule has 0 aliphatic rings. The molecule has 10 heteroatoms. The molecule has 50 heavy (non-hydrogen) atoms. The maximum absolute atomic E-state index is 12.6. The molecule has 0 radical (unpaired) electrons. The zero-order chi connectivity index (χ0) is 37.2. The van der Waals surface area contributed by atoms with E-state index < -0.39 is 32.5 Å². The van der Waals surface area contributed by atoms with Crippen LogP contribution in [0.1, 0.15) is 168 Å². The number of carbonyl (C=O) groups excluding carboxylic acids is 2. The summed E-state index contributed by atoms with van der Waals surface area (Å²) >= 11 is 0. The van der Waals surface area contributed by atoms with Gasteiger partial charge in [-0.3, -0.25) is 14.2 Å². The van der Waals surface area contributed by atoms with Crippen LogP contribution in [-0.2, 0) is 32.7 Å². The fraction of sp³-hybridized carbons (Fsp3) is 0.850. The maximum Gasteiger partial charge on any atom is 0.306 e. The third-order valence-corrected chi connectivity index (χ3v) is 9.44. The summed E-state index contributed by atoms with van der Waals surface area (Å²) in [6.07, 6.45) is 33.5. The average molecular weight is 730 g/mol. The predicted octanol–water partition coefficient (Wildman–Crippen LogP) is 10.2. The number of phosphoric acid groups is 1. The van der Waals surface area contributed by atoms with Gasteiger partial charge in [0, 0.05) is 12.8 Å². The molecule has 2 atom stereocenters. The highest BCUT2D eigenvalue weighted by molar-refractivity contribution is 7.45. The number of quaternary nitrogens is 1. The van der Waals surface area contributed by atoms with Crippen LogP contribution < -0.4 is 4.89 Å². The average Bonchev–Trinajstić information content (AvgIpc) is 3.06. The zero-order valence-electron chi connectivity index (χ0n) is 32.8. The molecule has 0 aromatic rings. The highest BCUT2D eigenvalue weighted by atomic mass is 31.2. The minimum Gasteiger partial charge on any atom is -0.756 e. The lowest BCUT2D eigenvalue weighted by molar-refractivity contribution is -0.870. The molecule has 0 amide bonds. The zero-order valence-corrected chi connectivity index (χ0v) is 33.7. The van der Waals surface area contributed by atoms with Crippen molar-refractivity contribution in [2.24, 2.45) is 0 Å². The van der Waals surface area contributed by atoms with Gasteiger partial charge >= 0.3 is 11.9 Å². The van der Waals surface area contributed by atoms with Gasteiger partial charge in [0.25, 0.3) is 7.82 Å². The Bertz CT molecular complexity index is 918. The van der Waals surface area contributed by atoms with E-state index in [1.165, 1.54) is 83.5 Å². The molecule has 294 valence electrons. The Morgan fingerprint density at radius 3 is 1.62 bits per heavy atom. The van der Waals surface area contributed by atoms with E-state index in [1.54, 1.807) is 0 Å². The van der Waals surface area contributed by atoms with Crippen LogP contribution in [0.2, 0.25) is 0 Å². The fourth-order valence-electron chi connectivity index (χ4n) is 5.27. The van der Waals surface area contributed by atoms with Gasteiger partial charge in [-0.25, -0.2) is 0 Å². The number of hydrogen-bond donors (Lipinski definition) is 0. The summed E-state index contributed by atoms with van der Waals surface area (Å²) in [6, 6.07) is 0. The monoisotopic (exact) mass is 730 g/mol. The van der Waals surface area contributed by atoms with Crippen LogP contribution >= 0.6 is 7.82 Å². The van der Waals surface area contributed by atoms with Crippen molar-refractivity contribution >= 4 is 19.8 Å². The van der Waals surface area contributed by atoms with E-state index >= 15 is 0 Å². The Kier molecular flexibility index (Phi) is 32.3. The Hall–Kier alpha value is -1.51. The van der Waals surface area contributed by atoms with Gasteiger partial charge in [-0.15, -0.1) is 0 Å². The molecule has 9 nitrogen and oxygen atoms in total. The van der Waals surface area contributed by atoms with Gasteiger partial charge < -0.3 is 27.9 Å². The van der Waals surface area contributed by atoms with Gasteiger partial charge in [-0.2, -0.15) is 0 Å². The van der Waals surface area contributed by atoms with E-state index in [0.29, 0.717) is 23.9 Å². The minimum absolute atomic E-state index is 0.0340. The van der Waals surface area contributed by atoms with Gasteiger partial charge in [-0.05, 0) is 44.9 Å². The van der Waals surface area contributed by atoms with Gasteiger partial charge in [0.2, 0.25) is 0 Å². The molecule has 1 unspecified atom stereocenters. The topological polar surface area (TPSA) is 111 Å². The summed E-state index contributed by atoms with van der Waals surface area (Å²) in [6.45, 7) is 4.16. The van der Waals surface area contributed by atoms with Gasteiger partial charge in [0.15, 0.2) is 6.10 Å². The first-order chi connectivity index (χ1) is 24.0. The first-order valence-corrected chi connectivity index (χ1v) is 21.5. The molecule has 0 bridgehead atoms. The van der Waals surface area contributed by atoms with E-state index in [1.807, 2.05) is 21.1 Å². The second-order valence-electron chi connectivity index (χ2n) is 14.7. The third-order valence-electron chi connectivity index (χ3n) is 8.47. The number of rotatable bonds is 36. The van der Waals surface area contributed by atoms with Crippen LogP contribution in [0.25, 0.3) is 0 Å². The van der Waals surface area contributed by atoms with Crippen LogP contribution in [0, 0.1) is 0 Å². The lowest BCUT2D eigenvalue weighted by atomic mass is 10.1. The molecule has 0 spiro atoms. The second-order valence-corrected chi connectivity index (χ2v) is 16.1. The summed E-state index contributed by atoms with van der Waals surface area (Å²) in [4.78, 5) is 37.3. The number of nitrogens with zero attached hydrogens (tertiary/aromatic N) is 1. The van der Waals surface area contributed by atoms with E-state index in [2.05, 4.69) is 38.2 Å². The highest BCUT2D eigenvalue weighted by Gasteiger charge is 2.21. The van der Waals surface area contributed by atoms with Crippen LogP contribution in [0.4, 0.5) is 0 Å². The van der Waals surface area contributed by atoms with Crippen LogP contribution in [0.3, 0.4) is 0 Å². The summed E-state index contributed by atoms with van der Waals surface area (Å²) in [5.74, 6) is -0.871. The van der Waals surface area contributed by atoms with Gasteiger partial charge in [0.05, 0.1) is 27.7 Å². The Balaban J connectivity index is 4.45. The SMILES string of the molecule is CCCCCCCC/C=C/C/C=C/CCCCC(=O)OC[C@H](COP(=O)([O-])OCC[N+](C)(C)C)OC(=O)CCCCCCCCCCCCC. The Morgan fingerprint density at radius 1 is 0.620 bits per heavy atom. The standard InChI is InChI=1S/C40H76NO8P/c1-6-8-10-12-14-16-18-19-20-21-23-24-26-28-30-32-39(42)46-36-38(37-48-50(44,45)47-35-34-41(3,4)5)49-40(43)33-31-29-27-25-22-17-15-13-11-9-7-2/h19-20,23-24,38H,6-18,21-22,25-37H2,1-5H3/b20-19+,24-23+/t38-/m1/s1. The van der Waals surface area contributed by atoms with Gasteiger partial charge in [0.1, 0.15) is 19.8 Å². The van der Waals surface area contributed by atoms with E-state index in [4.69, 9.17) is 18.5 Å². The number of likely N-dealkylation sites (N-methyl/N-ethyl adjacent to an activating group) is 1. The smallest absolute Gasteiger partial charge is 0.306 e. The number of hydrogen-bond acceptors (Lipinski definition) is 8. The molecule has 0 fully saturated rings. The molecule has 0 N–H and O–H groups in total. The number of ether oxygens (including phenoxy) is 2. The predicted molar refractivity (Wildman–Crippen MR) is 204 cm³/mol. The molecule has 0 aromatic heterocycles. The summed E-state index contributed by atoms with van der Waals surface area (Å²) < 4.78 is 33.7. The van der Waals surface area contributed by atoms with Gasteiger partial charge in [-0.1, -0.05) is 134 Å². The van der Waals surface area contributed by atoms with Crippen molar-refractivity contribution in [2.75, 3.05) is 47.5 Å². The molecule has 0 saturated carbocycles. The molecule has 0 rings (SSSR count). The van der Waals surface area contributed by atoms with Crippen molar-refractivity contribution < 1.29 is 42.1 Å². The summed E-state index contributed by atoms with van der Waals surface area (Å²) in [5, 5.41) is 0. The van der Waals surface area contributed by atoms with Crippen molar-refractivity contribution in [3.8, 4) is 0 Å². The molecule has 0 aliphatic carbocycles. The largest absolute Gasteiger partial charge is 0.756 e. The molecular weight excluding hydrogens is 653 g/mol. The Morgan fingerprint density at radius 2 is 1.08 bits per heavy atom. The first-order valence-electron chi connectivity index (χ1n) is 20.0. The number of unbranched alkanes of at least 4 members (excludes halogenated alkanes) is 18. The number of allylic oxidation sites excluding steroid dienone is 4. The quantitative estimate of drug-likeness (QED) is 0.0206. The van der Waals surface area contributed by atoms with Crippen LogP contribution in [-0.4, -0.2) is 70.0 Å². The molecule has 0 aromatic carbocycles. The number of carbonyl (C=O) groups is 2. The van der Waals surface area contributed by atoms with Crippen LogP contribution in [0.5, 0.6) is 0 Å². The normalized spacial score (nSPS) is 14.0. The van der Waals surface area contributed by atoms with E-state index in [-0.39, 0.29) is 26.1 Å². The summed E-state index contributed by atoms with van der Waals surface area (Å²) in [5.41, 5.74) is 0. The third kappa shape index (κ3) is 36.3. The molecular formula is C40H76NO8P. The minimum atomic E-state index is -4.62. The van der Waals surface area contributed by atoms with E-state index in [9.17, 15) is 19.0 Å². The van der Waals surface area contributed by atoms with Crippen molar-refractivity contribution in [2.45, 2.75) is 174 Å². The second kappa shape index (κ2) is 33.3. The van der Waals surface area contributed by atoms with Crippen molar-refractivity contribution in [1.29, 1.82) is 0 Å². The fourth-order valence-corrected chi connectivity index (χ4v) is 6.00. The van der Waals surface area contributed by atoms with Crippen molar-refractivity contribution in [3.63, 3.8) is 0 Å². The van der Waals surface area contributed by atoms with Crippen LogP contribution in [0.15, 0.2) is 24.3 Å². The lowest BCUT2D eigenvalue weighted by Gasteiger charge is -2.28. The highest BCUT2D eigenvalue weighted by Crippen LogP contribution is 2.38. The van der Waals surface area contributed by atoms with Crippen molar-refractivity contribution in [1.82, 2.24) is 0 Å². The van der Waals surface area contributed by atoms with Crippen molar-refractivity contribution in [3.05, 3.63) is 24.3 Å². The number of esters is 2. The summed E-state index contributed by atoms with van der Waals surface area (Å²) in [7, 11) is 1.15. The first kappa shape index (κ1) is 48.5. The number of phosphoric ester groups is 1. The molecule has 0 heterocycles. The van der Waals surface area contributed by atoms with E-state index in [0.717, 1.165) is 44.9 Å². The maximum atomic E-state index is 12.6. The Labute approximate surface area is 307 Å². The lowest BCUT2D eigenvalue weighted by Crippen LogP contribution is -2.37. The molecule has 0 saturated heterocycles.